The molecule has 16 heavy (non-hydrogen) atoms. The fraction of sp³-hybridized carbons (Fsp3) is 0.364. The van der Waals surface area contributed by atoms with Crippen molar-refractivity contribution in [2.75, 3.05) is 20.7 Å². The molecule has 1 aromatic carbocycles. The maximum Gasteiger partial charge on any atom is 0.407 e. The summed E-state index contributed by atoms with van der Waals surface area (Å²) in [4.78, 5) is 11.7. The number of carbonyl (C=O) groups is 1. The second kappa shape index (κ2) is 5.34. The average Bonchev–Trinajstić information content (AvgIpc) is 2.25. The Bertz CT molecular complexity index is 381. The molecule has 0 fully saturated rings. The minimum absolute atomic E-state index is 0.190. The Labute approximate surface area is 93.3 Å². The summed E-state index contributed by atoms with van der Waals surface area (Å²) in [7, 11) is 2.87. The smallest absolute Gasteiger partial charge is 0.407 e. The fourth-order valence-electron chi connectivity index (χ4n) is 1.26. The first-order valence-corrected chi connectivity index (χ1v) is 4.81. The molecular weight excluding hydrogens is 213 g/mol. The van der Waals surface area contributed by atoms with Gasteiger partial charge in [-0.15, -0.1) is 0 Å². The van der Waals surface area contributed by atoms with E-state index in [4.69, 9.17) is 9.84 Å². The molecule has 0 atom stereocenters. The first-order chi connectivity index (χ1) is 7.54. The quantitative estimate of drug-likeness (QED) is 0.855. The number of carboxylic acid groups (broad SMARTS) is 1. The summed E-state index contributed by atoms with van der Waals surface area (Å²) in [6.07, 6.45) is -0.516. The molecule has 0 heterocycles. The minimum atomic E-state index is -0.992. The molecular formula is C11H14FNO3. The van der Waals surface area contributed by atoms with E-state index in [0.29, 0.717) is 13.0 Å². The molecule has 0 aromatic heterocycles. The van der Waals surface area contributed by atoms with E-state index >= 15 is 0 Å². The van der Waals surface area contributed by atoms with E-state index in [-0.39, 0.29) is 5.75 Å². The summed E-state index contributed by atoms with van der Waals surface area (Å²) in [5, 5.41) is 8.63. The molecule has 0 saturated carbocycles. The zero-order valence-corrected chi connectivity index (χ0v) is 9.24. The monoisotopic (exact) mass is 227 g/mol. The molecule has 1 aromatic rings. The lowest BCUT2D eigenvalue weighted by molar-refractivity contribution is 0.156. The molecule has 4 nitrogen and oxygen atoms in total. The van der Waals surface area contributed by atoms with Crippen molar-refractivity contribution < 1.29 is 19.0 Å². The van der Waals surface area contributed by atoms with Crippen LogP contribution in [0.2, 0.25) is 0 Å². The molecule has 5 heteroatoms. The van der Waals surface area contributed by atoms with Crippen LogP contribution in [0.25, 0.3) is 0 Å². The van der Waals surface area contributed by atoms with Gasteiger partial charge in [0.25, 0.3) is 0 Å². The first kappa shape index (κ1) is 12.3. The number of ether oxygens (including phenoxy) is 1. The second-order valence-electron chi connectivity index (χ2n) is 3.42. The number of likely N-dealkylation sites (N-methyl/N-ethyl adjacent to an activating group) is 1. The largest absolute Gasteiger partial charge is 0.494 e. The van der Waals surface area contributed by atoms with Crippen LogP contribution < -0.4 is 4.74 Å². The molecule has 0 bridgehead atoms. The number of hydrogen-bond acceptors (Lipinski definition) is 2. The van der Waals surface area contributed by atoms with Gasteiger partial charge in [0.15, 0.2) is 11.6 Å². The van der Waals surface area contributed by atoms with Crippen molar-refractivity contribution in [2.24, 2.45) is 0 Å². The number of methoxy groups -OCH3 is 1. The normalized spacial score (nSPS) is 9.94. The van der Waals surface area contributed by atoms with Crippen molar-refractivity contribution in [1.29, 1.82) is 0 Å². The van der Waals surface area contributed by atoms with E-state index in [2.05, 4.69) is 0 Å². The van der Waals surface area contributed by atoms with Crippen LogP contribution in [0, 0.1) is 5.82 Å². The van der Waals surface area contributed by atoms with Crippen LogP contribution in [-0.4, -0.2) is 36.8 Å². The molecule has 0 aliphatic carbocycles. The highest BCUT2D eigenvalue weighted by atomic mass is 19.1. The Morgan fingerprint density at radius 1 is 1.56 bits per heavy atom. The lowest BCUT2D eigenvalue weighted by Gasteiger charge is -2.12. The number of rotatable bonds is 4. The van der Waals surface area contributed by atoms with Gasteiger partial charge in [-0.25, -0.2) is 9.18 Å². The van der Waals surface area contributed by atoms with E-state index < -0.39 is 11.9 Å². The number of nitrogens with zero attached hydrogens (tertiary/aromatic N) is 1. The Morgan fingerprint density at radius 2 is 2.25 bits per heavy atom. The van der Waals surface area contributed by atoms with Crippen molar-refractivity contribution in [3.8, 4) is 5.75 Å². The molecule has 88 valence electrons. The standard InChI is InChI=1S/C11H14FNO3/c1-13(11(14)15)6-5-8-3-4-10(16-2)9(12)7-8/h3-4,7H,5-6H2,1-2H3,(H,14,15). The third-order valence-electron chi connectivity index (χ3n) is 2.28. The first-order valence-electron chi connectivity index (χ1n) is 4.81. The summed E-state index contributed by atoms with van der Waals surface area (Å²) >= 11 is 0. The predicted molar refractivity (Wildman–Crippen MR) is 57.3 cm³/mol. The SMILES string of the molecule is COc1ccc(CCN(C)C(=O)O)cc1F. The maximum absolute atomic E-state index is 13.3. The zero-order chi connectivity index (χ0) is 12.1. The summed E-state index contributed by atoms with van der Waals surface area (Å²) < 4.78 is 18.1. The van der Waals surface area contributed by atoms with Gasteiger partial charge >= 0.3 is 6.09 Å². The molecule has 0 radical (unpaired) electrons. The van der Waals surface area contributed by atoms with Crippen molar-refractivity contribution in [3.63, 3.8) is 0 Å². The van der Waals surface area contributed by atoms with Gasteiger partial charge in [-0.1, -0.05) is 6.07 Å². The van der Waals surface area contributed by atoms with Crippen LogP contribution >= 0.6 is 0 Å². The van der Waals surface area contributed by atoms with Crippen LogP contribution in [-0.2, 0) is 6.42 Å². The van der Waals surface area contributed by atoms with Gasteiger partial charge in [0.2, 0.25) is 0 Å². The lowest BCUT2D eigenvalue weighted by Crippen LogP contribution is -2.26. The Hall–Kier alpha value is -1.78. The van der Waals surface area contributed by atoms with E-state index in [1.165, 1.54) is 26.3 Å². The lowest BCUT2D eigenvalue weighted by atomic mass is 10.1. The summed E-state index contributed by atoms with van der Waals surface area (Å²) in [5.41, 5.74) is 0.742. The van der Waals surface area contributed by atoms with E-state index in [1.54, 1.807) is 6.07 Å². The fourth-order valence-corrected chi connectivity index (χ4v) is 1.26. The predicted octanol–water partition coefficient (Wildman–Crippen LogP) is 1.99. The van der Waals surface area contributed by atoms with Crippen LogP contribution in [0.5, 0.6) is 5.75 Å². The Morgan fingerprint density at radius 3 is 2.75 bits per heavy atom. The number of amides is 1. The number of hydrogen-bond donors (Lipinski definition) is 1. The second-order valence-corrected chi connectivity index (χ2v) is 3.42. The van der Waals surface area contributed by atoms with Gasteiger partial charge in [-0.2, -0.15) is 0 Å². The van der Waals surface area contributed by atoms with Gasteiger partial charge in [-0.05, 0) is 24.1 Å². The van der Waals surface area contributed by atoms with E-state index in [0.717, 1.165) is 10.5 Å². The van der Waals surface area contributed by atoms with Gasteiger partial charge < -0.3 is 14.7 Å². The van der Waals surface area contributed by atoms with Crippen molar-refractivity contribution in [3.05, 3.63) is 29.6 Å². The van der Waals surface area contributed by atoms with Gasteiger partial charge in [0.05, 0.1) is 7.11 Å². The van der Waals surface area contributed by atoms with Crippen LogP contribution in [0.1, 0.15) is 5.56 Å². The minimum Gasteiger partial charge on any atom is -0.494 e. The highest BCUT2D eigenvalue weighted by Crippen LogP contribution is 2.17. The number of benzene rings is 1. The highest BCUT2D eigenvalue weighted by molar-refractivity contribution is 5.64. The van der Waals surface area contributed by atoms with Crippen molar-refractivity contribution in [1.82, 2.24) is 4.90 Å². The Kier molecular flexibility index (Phi) is 4.10. The van der Waals surface area contributed by atoms with Gasteiger partial charge in [-0.3, -0.25) is 0 Å². The van der Waals surface area contributed by atoms with Crippen LogP contribution in [0.3, 0.4) is 0 Å². The molecule has 1 amide bonds. The summed E-state index contributed by atoms with van der Waals surface area (Å²) in [6.45, 7) is 0.334. The van der Waals surface area contributed by atoms with Crippen LogP contribution in [0.15, 0.2) is 18.2 Å². The van der Waals surface area contributed by atoms with E-state index in [1.807, 2.05) is 0 Å². The summed E-state index contributed by atoms with van der Waals surface area (Å²) in [6, 6.07) is 4.61. The zero-order valence-electron chi connectivity index (χ0n) is 9.24. The molecule has 0 unspecified atom stereocenters. The van der Waals surface area contributed by atoms with Crippen molar-refractivity contribution in [2.45, 2.75) is 6.42 Å². The third kappa shape index (κ3) is 3.12. The summed E-state index contributed by atoms with van der Waals surface area (Å²) in [5.74, 6) is -0.242. The van der Waals surface area contributed by atoms with Crippen molar-refractivity contribution >= 4 is 6.09 Å². The molecule has 0 spiro atoms. The Balaban J connectivity index is 2.62. The molecule has 0 aliphatic rings. The molecule has 0 saturated heterocycles. The van der Waals surface area contributed by atoms with Gasteiger partial charge in [0.1, 0.15) is 0 Å². The van der Waals surface area contributed by atoms with Crippen LogP contribution in [0.4, 0.5) is 9.18 Å². The molecule has 1 rings (SSSR count). The van der Waals surface area contributed by atoms with E-state index in [9.17, 15) is 9.18 Å². The highest BCUT2D eigenvalue weighted by Gasteiger charge is 2.07. The van der Waals surface area contributed by atoms with Gasteiger partial charge in [0, 0.05) is 13.6 Å². The topological polar surface area (TPSA) is 49.8 Å². The molecule has 0 aliphatic heterocycles. The third-order valence-corrected chi connectivity index (χ3v) is 2.28. The maximum atomic E-state index is 13.3. The average molecular weight is 227 g/mol. The number of halogens is 1. The molecule has 1 N–H and O–H groups in total.